The number of fused-ring (bicyclic) bond motifs is 1. The first-order valence-electron chi connectivity index (χ1n) is 19.9. The van der Waals surface area contributed by atoms with E-state index in [4.69, 9.17) is 21.6 Å². The number of benzene rings is 2. The molecule has 17 heteroatoms. The molecule has 304 valence electrons. The molecule has 15 nitrogen and oxygen atoms in total. The van der Waals surface area contributed by atoms with Crippen LogP contribution in [-0.2, 0) is 9.59 Å². The molecule has 5 aliphatic rings. The number of carbonyl (C=O) groups is 4. The number of imide groups is 1. The van der Waals surface area contributed by atoms with Crippen LogP contribution in [0.2, 0.25) is 5.02 Å². The third-order valence-electron chi connectivity index (χ3n) is 12.1. The summed E-state index contributed by atoms with van der Waals surface area (Å²) in [7, 11) is 0. The first-order chi connectivity index (χ1) is 28.0. The van der Waals surface area contributed by atoms with E-state index in [1.807, 2.05) is 11.0 Å². The van der Waals surface area contributed by atoms with Crippen LogP contribution >= 0.6 is 11.6 Å². The number of aromatic nitrogens is 2. The van der Waals surface area contributed by atoms with E-state index in [1.165, 1.54) is 12.3 Å². The van der Waals surface area contributed by atoms with E-state index < -0.39 is 35.8 Å². The summed E-state index contributed by atoms with van der Waals surface area (Å²) in [5, 5.41) is 25.8. The highest BCUT2D eigenvalue weighted by atomic mass is 35.5. The Morgan fingerprint density at radius 3 is 2.40 bits per heavy atom. The van der Waals surface area contributed by atoms with Crippen LogP contribution in [0.5, 0.6) is 5.75 Å². The van der Waals surface area contributed by atoms with E-state index in [0.717, 1.165) is 88.0 Å². The van der Waals surface area contributed by atoms with E-state index in [-0.39, 0.29) is 47.7 Å². The fourth-order valence-corrected chi connectivity index (χ4v) is 9.01. The van der Waals surface area contributed by atoms with E-state index in [1.54, 1.807) is 24.4 Å². The molecule has 0 radical (unpaired) electrons. The van der Waals surface area contributed by atoms with E-state index in [0.29, 0.717) is 41.0 Å². The number of nitriles is 1. The lowest BCUT2D eigenvalue weighted by Crippen LogP contribution is -2.53. The third-order valence-corrected chi connectivity index (χ3v) is 12.4. The summed E-state index contributed by atoms with van der Waals surface area (Å²) >= 11 is 6.14. The number of ether oxygens (including phenoxy) is 1. The van der Waals surface area contributed by atoms with Crippen LogP contribution in [0.4, 0.5) is 15.9 Å². The van der Waals surface area contributed by atoms with Gasteiger partial charge in [-0.05, 0) is 75.1 Å². The Balaban J connectivity index is 0.763. The number of hydrogen-bond acceptors (Lipinski definition) is 12. The Labute approximate surface area is 340 Å². The van der Waals surface area contributed by atoms with Gasteiger partial charge in [0.2, 0.25) is 11.8 Å². The fraction of sp³-hybridized carbons (Fsp3) is 0.488. The lowest BCUT2D eigenvalue weighted by Gasteiger charge is -2.40. The van der Waals surface area contributed by atoms with Gasteiger partial charge in [-0.25, -0.2) is 14.4 Å². The molecule has 1 aliphatic carbocycles. The van der Waals surface area contributed by atoms with Crippen LogP contribution in [-0.4, -0.2) is 113 Å². The van der Waals surface area contributed by atoms with Gasteiger partial charge in [0.05, 0.1) is 40.3 Å². The minimum Gasteiger partial charge on any atom is -0.490 e. The highest BCUT2D eigenvalue weighted by Crippen LogP contribution is 2.39. The molecule has 3 aromatic rings. The summed E-state index contributed by atoms with van der Waals surface area (Å²) in [4.78, 5) is 66.8. The molecule has 4 amide bonds. The molecule has 4 aliphatic heterocycles. The zero-order valence-electron chi connectivity index (χ0n) is 31.9. The van der Waals surface area contributed by atoms with Gasteiger partial charge in [0, 0.05) is 69.9 Å². The highest BCUT2D eigenvalue weighted by Gasteiger charge is 2.45. The number of carbonyl (C=O) groups excluding carboxylic acids is 4. The first kappa shape index (κ1) is 39.5. The molecule has 2 atom stereocenters. The molecule has 1 aromatic heterocycles. The number of piperazine rings is 1. The fourth-order valence-electron chi connectivity index (χ4n) is 8.80. The minimum absolute atomic E-state index is 0.00766. The summed E-state index contributed by atoms with van der Waals surface area (Å²) in [6.45, 7) is 5.19. The Hall–Kier alpha value is -5.37. The number of amides is 4. The van der Waals surface area contributed by atoms with Crippen molar-refractivity contribution >= 4 is 46.7 Å². The first-order valence-corrected chi connectivity index (χ1v) is 20.3. The van der Waals surface area contributed by atoms with E-state index in [2.05, 4.69) is 30.4 Å². The van der Waals surface area contributed by atoms with Crippen molar-refractivity contribution in [2.24, 2.45) is 5.92 Å². The van der Waals surface area contributed by atoms with Gasteiger partial charge in [-0.1, -0.05) is 11.6 Å². The molecule has 2 unspecified atom stereocenters. The number of aliphatic hydroxyl groups is 1. The normalized spacial score (nSPS) is 24.3. The quantitative estimate of drug-likeness (QED) is 0.268. The Morgan fingerprint density at radius 2 is 1.72 bits per heavy atom. The zero-order valence-corrected chi connectivity index (χ0v) is 32.7. The van der Waals surface area contributed by atoms with Gasteiger partial charge in [-0.3, -0.25) is 34.3 Å². The Morgan fingerprint density at radius 1 is 0.966 bits per heavy atom. The van der Waals surface area contributed by atoms with Crippen molar-refractivity contribution in [3.63, 3.8) is 0 Å². The van der Waals surface area contributed by atoms with Crippen molar-refractivity contribution in [3.05, 3.63) is 75.9 Å². The maximum absolute atomic E-state index is 15.4. The van der Waals surface area contributed by atoms with Crippen LogP contribution in [0.3, 0.4) is 0 Å². The molecular formula is C41H45ClFN9O6. The van der Waals surface area contributed by atoms with Gasteiger partial charge in [0.25, 0.3) is 11.8 Å². The minimum atomic E-state index is -1.41. The second-order valence-electron chi connectivity index (χ2n) is 15.7. The van der Waals surface area contributed by atoms with Crippen molar-refractivity contribution in [3.8, 4) is 11.8 Å². The monoisotopic (exact) mass is 813 g/mol. The topological polar surface area (TPSA) is 184 Å². The van der Waals surface area contributed by atoms with E-state index in [9.17, 15) is 24.3 Å². The molecule has 0 spiro atoms. The van der Waals surface area contributed by atoms with Crippen molar-refractivity contribution in [1.29, 1.82) is 5.26 Å². The second-order valence-corrected chi connectivity index (χ2v) is 16.1. The number of nitrogens with one attached hydrogen (secondary N) is 2. The number of nitrogens with zero attached hydrogens (tertiary/aromatic N) is 7. The number of anilines is 2. The predicted molar refractivity (Wildman–Crippen MR) is 210 cm³/mol. The third kappa shape index (κ3) is 8.29. The summed E-state index contributed by atoms with van der Waals surface area (Å²) in [5.41, 5.74) is 1.29. The summed E-state index contributed by atoms with van der Waals surface area (Å²) in [6.07, 6.45) is 7.01. The van der Waals surface area contributed by atoms with Crippen LogP contribution in [0.1, 0.15) is 89.6 Å². The van der Waals surface area contributed by atoms with Gasteiger partial charge in [-0.2, -0.15) is 5.26 Å². The zero-order chi connectivity index (χ0) is 40.5. The standard InChI is InChI=1S/C41H45ClFN9O6/c42-31-17-28(4-1-25(31)20-44)58-27-5-2-26(3-6-27)47-38(54)33-21-46-36(22-45-33)51-11-9-24(10-12-51)23-49-13-15-50(16-14-49)35-19-30-29(18-32(35)43)40(56)52(41(30)57)34-7-8-37(53)48-39(34)55/h1,4,17-19,21-22,24,26-27,34,41,57H,2-3,5-16,23H2,(H,47,54)(H,48,53,55). The number of rotatable bonds is 9. The molecule has 8 rings (SSSR count). The Kier molecular flexibility index (Phi) is 11.5. The molecule has 3 saturated heterocycles. The SMILES string of the molecule is N#Cc1ccc(OC2CCC(NC(=O)c3cnc(N4CCC(CN5CCN(c6cc7c(cc6F)C(=O)N(C6CCC(=O)NC6=O)C7O)CC5)CC4)cn3)CC2)cc1Cl. The maximum atomic E-state index is 15.4. The van der Waals surface area contributed by atoms with Crippen LogP contribution in [0.15, 0.2) is 42.7 Å². The van der Waals surface area contributed by atoms with Crippen LogP contribution in [0, 0.1) is 23.1 Å². The van der Waals surface area contributed by atoms with Crippen LogP contribution in [0.25, 0.3) is 0 Å². The summed E-state index contributed by atoms with van der Waals surface area (Å²) in [5.74, 6) is -0.640. The molecule has 58 heavy (non-hydrogen) atoms. The Bertz CT molecular complexity index is 2110. The van der Waals surface area contributed by atoms with Crippen molar-refractivity contribution < 1.29 is 33.4 Å². The summed E-state index contributed by atoms with van der Waals surface area (Å²) < 4.78 is 21.5. The van der Waals surface area contributed by atoms with Crippen molar-refractivity contribution in [2.75, 3.05) is 55.6 Å². The summed E-state index contributed by atoms with van der Waals surface area (Å²) in [6, 6.07) is 8.79. The van der Waals surface area contributed by atoms with Gasteiger partial charge < -0.3 is 25.0 Å². The highest BCUT2D eigenvalue weighted by molar-refractivity contribution is 6.31. The molecule has 3 N–H and O–H groups in total. The van der Waals surface area contributed by atoms with Crippen molar-refractivity contribution in [1.82, 2.24) is 30.4 Å². The lowest BCUT2D eigenvalue weighted by molar-refractivity contribution is -0.139. The average molecular weight is 814 g/mol. The molecule has 0 bridgehead atoms. The van der Waals surface area contributed by atoms with Gasteiger partial charge in [0.1, 0.15) is 35.2 Å². The number of aliphatic hydroxyl groups excluding tert-OH is 1. The number of halogens is 2. The largest absolute Gasteiger partial charge is 0.490 e. The van der Waals surface area contributed by atoms with Gasteiger partial charge >= 0.3 is 0 Å². The number of hydrogen-bond donors (Lipinski definition) is 3. The van der Waals surface area contributed by atoms with Crippen molar-refractivity contribution in [2.45, 2.75) is 75.8 Å². The number of piperidine rings is 2. The lowest BCUT2D eigenvalue weighted by atomic mass is 9.93. The molecule has 1 saturated carbocycles. The second kappa shape index (κ2) is 16.8. The van der Waals surface area contributed by atoms with Crippen LogP contribution < -0.4 is 25.2 Å². The van der Waals surface area contributed by atoms with Gasteiger partial charge in [-0.15, -0.1) is 0 Å². The maximum Gasteiger partial charge on any atom is 0.271 e. The average Bonchev–Trinajstić information content (AvgIpc) is 3.46. The molecule has 5 heterocycles. The van der Waals surface area contributed by atoms with Gasteiger partial charge in [0.15, 0.2) is 6.23 Å². The molecule has 4 fully saturated rings. The predicted octanol–water partition coefficient (Wildman–Crippen LogP) is 3.55. The molecular weight excluding hydrogens is 769 g/mol. The molecule has 2 aromatic carbocycles. The smallest absolute Gasteiger partial charge is 0.271 e. The van der Waals surface area contributed by atoms with E-state index >= 15 is 4.39 Å².